The van der Waals surface area contributed by atoms with E-state index in [4.69, 9.17) is 9.84 Å². The van der Waals surface area contributed by atoms with Gasteiger partial charge in [-0.15, -0.1) is 0 Å². The summed E-state index contributed by atoms with van der Waals surface area (Å²) in [4.78, 5) is 12.6. The predicted octanol–water partition coefficient (Wildman–Crippen LogP) is -0.528. The van der Waals surface area contributed by atoms with E-state index in [1.54, 1.807) is 25.9 Å². The van der Waals surface area contributed by atoms with Gasteiger partial charge in [-0.3, -0.25) is 9.69 Å². The smallest absolute Gasteiger partial charge is 0.325 e. The van der Waals surface area contributed by atoms with Crippen LogP contribution in [0.15, 0.2) is 0 Å². The fourth-order valence-corrected chi connectivity index (χ4v) is 0.687. The fourth-order valence-electron chi connectivity index (χ4n) is 0.687. The van der Waals surface area contributed by atoms with Crippen LogP contribution in [0.2, 0.25) is 0 Å². The highest BCUT2D eigenvalue weighted by molar-refractivity contribution is 5.75. The topological polar surface area (TPSA) is 49.8 Å². The molecule has 0 heterocycles. The van der Waals surface area contributed by atoms with Crippen LogP contribution in [-0.2, 0) is 9.53 Å². The van der Waals surface area contributed by atoms with Crippen LogP contribution < -0.4 is 0 Å². The first kappa shape index (κ1) is 10.4. The van der Waals surface area contributed by atoms with Crippen LogP contribution in [-0.4, -0.2) is 49.3 Å². The molecule has 0 saturated heterocycles. The molecule has 0 fully saturated rings. The molecule has 0 spiro atoms. The number of ether oxygens (including phenoxy) is 1. The third-order valence-electron chi connectivity index (χ3n) is 1.35. The molecule has 0 radical (unpaired) electrons. The second-order valence-corrected chi connectivity index (χ2v) is 2.41. The van der Waals surface area contributed by atoms with Crippen molar-refractivity contribution in [2.75, 3.05) is 27.3 Å². The number of rotatable bonds is 4. The highest BCUT2D eigenvalue weighted by Gasteiger charge is 2.20. The number of aliphatic hydroxyl groups is 1. The van der Waals surface area contributed by atoms with Crippen molar-refractivity contribution < 1.29 is 14.6 Å². The molecule has 0 bridgehead atoms. The van der Waals surface area contributed by atoms with E-state index < -0.39 is 6.04 Å². The fraction of sp³-hybridized carbons (Fsp3) is 0.857. The van der Waals surface area contributed by atoms with E-state index in [-0.39, 0.29) is 12.6 Å². The Morgan fingerprint density at radius 1 is 1.64 bits per heavy atom. The van der Waals surface area contributed by atoms with Crippen molar-refractivity contribution in [3.63, 3.8) is 0 Å². The van der Waals surface area contributed by atoms with Gasteiger partial charge in [-0.1, -0.05) is 0 Å². The lowest BCUT2D eigenvalue weighted by Gasteiger charge is -2.19. The van der Waals surface area contributed by atoms with E-state index in [1.165, 1.54) is 0 Å². The Balaban J connectivity index is 3.92. The first-order valence-corrected chi connectivity index (χ1v) is 3.57. The van der Waals surface area contributed by atoms with Crippen molar-refractivity contribution in [1.82, 2.24) is 4.90 Å². The number of hydrogen-bond acceptors (Lipinski definition) is 4. The van der Waals surface area contributed by atoms with Crippen molar-refractivity contribution in [3.05, 3.63) is 0 Å². The standard InChI is InChI=1S/C7H15NO3/c1-4-11-7(10)6(5-9)8(2)3/h6,9H,4-5H2,1-3H3. The van der Waals surface area contributed by atoms with Gasteiger partial charge >= 0.3 is 5.97 Å². The molecule has 1 unspecified atom stereocenters. The largest absolute Gasteiger partial charge is 0.465 e. The van der Waals surface area contributed by atoms with Gasteiger partial charge in [0.2, 0.25) is 0 Å². The van der Waals surface area contributed by atoms with Crippen LogP contribution in [0.3, 0.4) is 0 Å². The molecule has 4 nitrogen and oxygen atoms in total. The van der Waals surface area contributed by atoms with E-state index >= 15 is 0 Å². The Bertz CT molecular complexity index is 125. The molecule has 0 aromatic rings. The molecule has 0 rings (SSSR count). The molecular formula is C7H15NO3. The predicted molar refractivity (Wildman–Crippen MR) is 41.2 cm³/mol. The highest BCUT2D eigenvalue weighted by atomic mass is 16.5. The van der Waals surface area contributed by atoms with E-state index in [2.05, 4.69) is 0 Å². The number of nitrogens with zero attached hydrogens (tertiary/aromatic N) is 1. The van der Waals surface area contributed by atoms with Gasteiger partial charge in [0.1, 0.15) is 6.04 Å². The maximum Gasteiger partial charge on any atom is 0.325 e. The molecule has 0 aliphatic heterocycles. The van der Waals surface area contributed by atoms with Gasteiger partial charge < -0.3 is 9.84 Å². The van der Waals surface area contributed by atoms with Crippen molar-refractivity contribution >= 4 is 5.97 Å². The molecular weight excluding hydrogens is 146 g/mol. The normalized spacial score (nSPS) is 13.2. The number of aliphatic hydroxyl groups excluding tert-OH is 1. The molecule has 1 N–H and O–H groups in total. The zero-order chi connectivity index (χ0) is 8.85. The van der Waals surface area contributed by atoms with Crippen molar-refractivity contribution in [1.29, 1.82) is 0 Å². The minimum atomic E-state index is -0.532. The van der Waals surface area contributed by atoms with E-state index in [9.17, 15) is 4.79 Å². The molecule has 1 atom stereocenters. The number of esters is 1. The minimum absolute atomic E-state index is 0.203. The van der Waals surface area contributed by atoms with Gasteiger partial charge in [0.15, 0.2) is 0 Å². The molecule has 0 saturated carbocycles. The molecule has 0 aromatic heterocycles. The number of likely N-dealkylation sites (N-methyl/N-ethyl adjacent to an activating group) is 1. The Labute approximate surface area is 66.8 Å². The zero-order valence-electron chi connectivity index (χ0n) is 7.20. The minimum Gasteiger partial charge on any atom is -0.465 e. The number of carbonyl (C=O) groups excluding carboxylic acids is 1. The lowest BCUT2D eigenvalue weighted by Crippen LogP contribution is -2.40. The van der Waals surface area contributed by atoms with Crippen molar-refractivity contribution in [3.8, 4) is 0 Å². The quantitative estimate of drug-likeness (QED) is 0.563. The summed E-state index contributed by atoms with van der Waals surface area (Å²) >= 11 is 0. The average Bonchev–Trinajstić information content (AvgIpc) is 1.88. The summed E-state index contributed by atoms with van der Waals surface area (Å²) in [5.74, 6) is -0.375. The van der Waals surface area contributed by atoms with Crippen LogP contribution in [0.1, 0.15) is 6.92 Å². The summed E-state index contributed by atoms with van der Waals surface area (Å²) in [6, 6.07) is -0.532. The number of carbonyl (C=O) groups is 1. The Morgan fingerprint density at radius 2 is 2.18 bits per heavy atom. The Hall–Kier alpha value is -0.610. The van der Waals surface area contributed by atoms with Gasteiger partial charge in [0, 0.05) is 0 Å². The SMILES string of the molecule is CCOC(=O)C(CO)N(C)C. The molecule has 0 aromatic carbocycles. The summed E-state index contributed by atoms with van der Waals surface area (Å²) < 4.78 is 4.72. The maximum absolute atomic E-state index is 11.0. The number of hydrogen-bond donors (Lipinski definition) is 1. The summed E-state index contributed by atoms with van der Waals surface area (Å²) in [6.07, 6.45) is 0. The zero-order valence-corrected chi connectivity index (χ0v) is 7.20. The van der Waals surface area contributed by atoms with Gasteiger partial charge in [0.05, 0.1) is 13.2 Å². The van der Waals surface area contributed by atoms with E-state index in [1.807, 2.05) is 0 Å². The first-order chi connectivity index (χ1) is 5.13. The third kappa shape index (κ3) is 3.34. The molecule has 0 amide bonds. The summed E-state index contributed by atoms with van der Waals surface area (Å²) in [7, 11) is 3.44. The molecule has 0 aliphatic rings. The Morgan fingerprint density at radius 3 is 2.45 bits per heavy atom. The van der Waals surface area contributed by atoms with Crippen LogP contribution in [0.4, 0.5) is 0 Å². The van der Waals surface area contributed by atoms with E-state index in [0.717, 1.165) is 0 Å². The van der Waals surface area contributed by atoms with Gasteiger partial charge in [0.25, 0.3) is 0 Å². The van der Waals surface area contributed by atoms with Gasteiger partial charge in [-0.25, -0.2) is 0 Å². The average molecular weight is 161 g/mol. The summed E-state index contributed by atoms with van der Waals surface area (Å²) in [6.45, 7) is 1.89. The second-order valence-electron chi connectivity index (χ2n) is 2.41. The maximum atomic E-state index is 11.0. The van der Waals surface area contributed by atoms with Gasteiger partial charge in [-0.2, -0.15) is 0 Å². The molecule has 0 aliphatic carbocycles. The molecule has 66 valence electrons. The van der Waals surface area contributed by atoms with Crippen molar-refractivity contribution in [2.24, 2.45) is 0 Å². The highest BCUT2D eigenvalue weighted by Crippen LogP contribution is 1.94. The van der Waals surface area contributed by atoms with Crippen LogP contribution in [0.5, 0.6) is 0 Å². The lowest BCUT2D eigenvalue weighted by atomic mass is 10.3. The van der Waals surface area contributed by atoms with E-state index in [0.29, 0.717) is 6.61 Å². The van der Waals surface area contributed by atoms with Crippen molar-refractivity contribution in [2.45, 2.75) is 13.0 Å². The molecule has 11 heavy (non-hydrogen) atoms. The second kappa shape index (κ2) is 5.09. The summed E-state index contributed by atoms with van der Waals surface area (Å²) in [5, 5.41) is 8.75. The van der Waals surface area contributed by atoms with Gasteiger partial charge in [-0.05, 0) is 21.0 Å². The third-order valence-corrected chi connectivity index (χ3v) is 1.35. The van der Waals surface area contributed by atoms with Crippen LogP contribution >= 0.6 is 0 Å². The molecule has 4 heteroatoms. The van der Waals surface area contributed by atoms with Crippen LogP contribution in [0, 0.1) is 0 Å². The van der Waals surface area contributed by atoms with Crippen LogP contribution in [0.25, 0.3) is 0 Å². The summed E-state index contributed by atoms with van der Waals surface area (Å²) in [5.41, 5.74) is 0. The first-order valence-electron chi connectivity index (χ1n) is 3.57. The monoisotopic (exact) mass is 161 g/mol. The lowest BCUT2D eigenvalue weighted by molar-refractivity contribution is -0.149. The Kier molecular flexibility index (Phi) is 4.81.